The zero-order chi connectivity index (χ0) is 15.0. The first-order valence-corrected chi connectivity index (χ1v) is 7.86. The Bertz CT molecular complexity index is 722. The van der Waals surface area contributed by atoms with Crippen LogP contribution in [0, 0.1) is 23.1 Å². The molecule has 0 spiro atoms. The molecule has 1 aromatic carbocycles. The van der Waals surface area contributed by atoms with Crippen molar-refractivity contribution in [3.05, 3.63) is 45.9 Å². The Balaban J connectivity index is 1.99. The molecule has 0 amide bonds. The van der Waals surface area contributed by atoms with Crippen LogP contribution in [0.15, 0.2) is 18.2 Å². The molecule has 0 aliphatic heterocycles. The highest BCUT2D eigenvalue weighted by atomic mass is 35.5. The van der Waals surface area contributed by atoms with Gasteiger partial charge in [0.05, 0.1) is 6.04 Å². The molecule has 1 aromatic heterocycles. The molecule has 0 fully saturated rings. The molecule has 0 radical (unpaired) electrons. The molecule has 6 heteroatoms. The fraction of sp³-hybridized carbons (Fsp3) is 0.333. The van der Waals surface area contributed by atoms with Crippen molar-refractivity contribution < 1.29 is 4.39 Å². The maximum Gasteiger partial charge on any atom is 0.162 e. The second-order valence-electron chi connectivity index (χ2n) is 5.23. The molecule has 1 heterocycles. The monoisotopic (exact) mass is 321 g/mol. The zero-order valence-corrected chi connectivity index (χ0v) is 12.9. The average Bonchev–Trinajstić information content (AvgIpc) is 2.82. The van der Waals surface area contributed by atoms with Crippen LogP contribution in [0.5, 0.6) is 0 Å². The quantitative estimate of drug-likeness (QED) is 0.883. The van der Waals surface area contributed by atoms with E-state index in [2.05, 4.69) is 22.7 Å². The van der Waals surface area contributed by atoms with E-state index in [1.54, 1.807) is 6.07 Å². The van der Waals surface area contributed by atoms with Gasteiger partial charge in [-0.1, -0.05) is 30.7 Å². The van der Waals surface area contributed by atoms with Crippen LogP contribution in [0.1, 0.15) is 36.1 Å². The van der Waals surface area contributed by atoms with Crippen molar-refractivity contribution in [3.8, 4) is 6.07 Å². The molecule has 2 unspecified atom stereocenters. The van der Waals surface area contributed by atoms with Gasteiger partial charge in [0.1, 0.15) is 22.5 Å². The maximum atomic E-state index is 13.9. The first-order valence-electron chi connectivity index (χ1n) is 6.71. The lowest BCUT2D eigenvalue weighted by molar-refractivity contribution is 0.424. The number of aromatic nitrogens is 1. The number of nitrogens with zero attached hydrogens (tertiary/aromatic N) is 2. The molecule has 3 nitrogen and oxygen atoms in total. The van der Waals surface area contributed by atoms with Crippen LogP contribution in [-0.4, -0.2) is 4.37 Å². The molecule has 1 aliphatic carbocycles. The SMILES string of the molecule is CC1CCc2c(F)cccc2C1Nc1snc(Cl)c1C#N. The lowest BCUT2D eigenvalue weighted by atomic mass is 9.80. The third kappa shape index (κ3) is 2.50. The van der Waals surface area contributed by atoms with E-state index < -0.39 is 0 Å². The molecule has 21 heavy (non-hydrogen) atoms. The lowest BCUT2D eigenvalue weighted by Crippen LogP contribution is -2.25. The summed E-state index contributed by atoms with van der Waals surface area (Å²) in [5.74, 6) is 0.181. The summed E-state index contributed by atoms with van der Waals surface area (Å²) in [7, 11) is 0. The molecule has 0 saturated carbocycles. The van der Waals surface area contributed by atoms with Crippen LogP contribution in [0.4, 0.5) is 9.39 Å². The predicted octanol–water partition coefficient (Wildman–Crippen LogP) is 4.54. The van der Waals surface area contributed by atoms with Gasteiger partial charge >= 0.3 is 0 Å². The summed E-state index contributed by atoms with van der Waals surface area (Å²) >= 11 is 7.07. The van der Waals surface area contributed by atoms with Crippen LogP contribution in [0.25, 0.3) is 0 Å². The Hall–Kier alpha value is -1.64. The van der Waals surface area contributed by atoms with Gasteiger partial charge < -0.3 is 5.32 Å². The van der Waals surface area contributed by atoms with E-state index in [1.807, 2.05) is 6.07 Å². The molecule has 108 valence electrons. The minimum absolute atomic E-state index is 0.0342. The van der Waals surface area contributed by atoms with Gasteiger partial charge in [-0.25, -0.2) is 4.39 Å². The smallest absolute Gasteiger partial charge is 0.162 e. The van der Waals surface area contributed by atoms with Crippen LogP contribution < -0.4 is 5.32 Å². The van der Waals surface area contributed by atoms with E-state index in [4.69, 9.17) is 16.9 Å². The van der Waals surface area contributed by atoms with E-state index in [0.717, 1.165) is 24.0 Å². The highest BCUT2D eigenvalue weighted by molar-refractivity contribution is 7.10. The van der Waals surface area contributed by atoms with E-state index in [0.29, 0.717) is 16.5 Å². The first kappa shape index (κ1) is 14.3. The van der Waals surface area contributed by atoms with Crippen LogP contribution >= 0.6 is 23.1 Å². The molecule has 2 atom stereocenters. The Morgan fingerprint density at radius 1 is 1.52 bits per heavy atom. The number of fused-ring (bicyclic) bond motifs is 1. The molecule has 0 bridgehead atoms. The number of hydrogen-bond donors (Lipinski definition) is 1. The lowest BCUT2D eigenvalue weighted by Gasteiger charge is -2.32. The Kier molecular flexibility index (Phi) is 3.83. The van der Waals surface area contributed by atoms with Crippen molar-refractivity contribution in [3.63, 3.8) is 0 Å². The van der Waals surface area contributed by atoms with Crippen molar-refractivity contribution in [2.45, 2.75) is 25.8 Å². The summed E-state index contributed by atoms with van der Waals surface area (Å²) in [6, 6.07) is 7.20. The summed E-state index contributed by atoms with van der Waals surface area (Å²) in [5, 5.41) is 13.4. The minimum atomic E-state index is -0.158. The number of rotatable bonds is 2. The highest BCUT2D eigenvalue weighted by Gasteiger charge is 2.29. The van der Waals surface area contributed by atoms with Crippen molar-refractivity contribution in [2.75, 3.05) is 5.32 Å². The van der Waals surface area contributed by atoms with Crippen LogP contribution in [0.3, 0.4) is 0 Å². The first-order chi connectivity index (χ1) is 10.1. The molecule has 1 aliphatic rings. The summed E-state index contributed by atoms with van der Waals surface area (Å²) in [6.45, 7) is 2.13. The third-order valence-corrected chi connectivity index (χ3v) is 5.11. The summed E-state index contributed by atoms with van der Waals surface area (Å²) < 4.78 is 17.9. The largest absolute Gasteiger partial charge is 0.367 e. The zero-order valence-electron chi connectivity index (χ0n) is 11.4. The molecular weight excluding hydrogens is 309 g/mol. The normalized spacial score (nSPS) is 20.7. The minimum Gasteiger partial charge on any atom is -0.367 e. The van der Waals surface area contributed by atoms with Gasteiger partial charge in [-0.3, -0.25) is 0 Å². The van der Waals surface area contributed by atoms with Gasteiger partial charge in [-0.15, -0.1) is 0 Å². The van der Waals surface area contributed by atoms with E-state index >= 15 is 0 Å². The number of hydrogen-bond acceptors (Lipinski definition) is 4. The Morgan fingerprint density at radius 2 is 2.33 bits per heavy atom. The van der Waals surface area contributed by atoms with Crippen molar-refractivity contribution >= 4 is 28.1 Å². The van der Waals surface area contributed by atoms with E-state index in [9.17, 15) is 4.39 Å². The summed E-state index contributed by atoms with van der Waals surface area (Å²) in [4.78, 5) is 0. The maximum absolute atomic E-state index is 13.9. The van der Waals surface area contributed by atoms with Crippen LogP contribution in [-0.2, 0) is 6.42 Å². The summed E-state index contributed by atoms with van der Waals surface area (Å²) in [5.41, 5.74) is 2.08. The molecule has 3 rings (SSSR count). The Labute approximate surface area is 131 Å². The van der Waals surface area contributed by atoms with Gasteiger partial charge in [-0.2, -0.15) is 9.64 Å². The predicted molar refractivity (Wildman–Crippen MR) is 82.1 cm³/mol. The van der Waals surface area contributed by atoms with Gasteiger partial charge in [0, 0.05) is 0 Å². The average molecular weight is 322 g/mol. The second-order valence-corrected chi connectivity index (χ2v) is 6.37. The topological polar surface area (TPSA) is 48.7 Å². The van der Waals surface area contributed by atoms with Gasteiger partial charge in [0.15, 0.2) is 5.15 Å². The van der Waals surface area contributed by atoms with Gasteiger partial charge in [0.2, 0.25) is 0 Å². The number of nitriles is 1. The standard InChI is InChI=1S/C15H13ClFN3S/c1-8-5-6-9-10(3-2-4-12(9)17)13(8)19-15-11(7-18)14(16)20-21-15/h2-4,8,13,19H,5-6H2,1H3. The third-order valence-electron chi connectivity index (χ3n) is 3.96. The number of nitrogens with one attached hydrogen (secondary N) is 1. The summed E-state index contributed by atoms with van der Waals surface area (Å²) in [6.07, 6.45) is 1.65. The molecule has 2 aromatic rings. The van der Waals surface area contributed by atoms with E-state index in [-0.39, 0.29) is 17.0 Å². The molecular formula is C15H13ClFN3S. The van der Waals surface area contributed by atoms with E-state index in [1.165, 1.54) is 17.6 Å². The Morgan fingerprint density at radius 3 is 3.10 bits per heavy atom. The molecule has 1 N–H and O–H groups in total. The number of anilines is 1. The van der Waals surface area contributed by atoms with Crippen LogP contribution in [0.2, 0.25) is 5.15 Å². The number of halogens is 2. The fourth-order valence-electron chi connectivity index (χ4n) is 2.80. The van der Waals surface area contributed by atoms with Crippen molar-refractivity contribution in [1.29, 1.82) is 5.26 Å². The van der Waals surface area contributed by atoms with Gasteiger partial charge in [-0.05, 0) is 47.5 Å². The fourth-order valence-corrected chi connectivity index (χ4v) is 3.78. The van der Waals surface area contributed by atoms with Crippen molar-refractivity contribution in [1.82, 2.24) is 4.37 Å². The molecule has 0 saturated heterocycles. The highest BCUT2D eigenvalue weighted by Crippen LogP contribution is 2.40. The number of benzene rings is 1. The van der Waals surface area contributed by atoms with Gasteiger partial charge in [0.25, 0.3) is 0 Å². The van der Waals surface area contributed by atoms with Crippen molar-refractivity contribution in [2.24, 2.45) is 5.92 Å². The second kappa shape index (κ2) is 5.63.